The van der Waals surface area contributed by atoms with Crippen LogP contribution < -0.4 is 10.1 Å². The van der Waals surface area contributed by atoms with Crippen molar-refractivity contribution in [3.8, 4) is 5.75 Å². The lowest BCUT2D eigenvalue weighted by atomic mass is 9.83. The first kappa shape index (κ1) is 18.7. The highest BCUT2D eigenvalue weighted by atomic mass is 16.5. The van der Waals surface area contributed by atoms with Crippen LogP contribution in [0.2, 0.25) is 0 Å². The minimum absolute atomic E-state index is 0.151. The Morgan fingerprint density at radius 3 is 2.17 bits per heavy atom. The Morgan fingerprint density at radius 2 is 1.48 bits per heavy atom. The van der Waals surface area contributed by atoms with Gasteiger partial charge in [-0.25, -0.2) is 4.79 Å². The number of urea groups is 1. The summed E-state index contributed by atoms with van der Waals surface area (Å²) in [5, 5.41) is 2.99. The van der Waals surface area contributed by atoms with Crippen LogP contribution in [0.25, 0.3) is 0 Å². The Kier molecular flexibility index (Phi) is 5.04. The Balaban J connectivity index is 1.73. The van der Waals surface area contributed by atoms with E-state index in [0.717, 1.165) is 16.7 Å². The molecule has 1 N–H and O–H groups in total. The van der Waals surface area contributed by atoms with Gasteiger partial charge < -0.3 is 10.1 Å². The second-order valence-electron chi connectivity index (χ2n) is 7.07. The number of para-hydroxylation sites is 1. The van der Waals surface area contributed by atoms with E-state index in [1.54, 1.807) is 7.11 Å². The van der Waals surface area contributed by atoms with Gasteiger partial charge in [0.05, 0.1) is 13.7 Å². The van der Waals surface area contributed by atoms with Crippen molar-refractivity contribution in [2.24, 2.45) is 0 Å². The van der Waals surface area contributed by atoms with E-state index in [4.69, 9.17) is 4.74 Å². The monoisotopic (exact) mass is 386 g/mol. The van der Waals surface area contributed by atoms with Crippen LogP contribution in [0.1, 0.15) is 16.7 Å². The molecule has 3 aromatic carbocycles. The van der Waals surface area contributed by atoms with Gasteiger partial charge in [0.15, 0.2) is 5.54 Å². The van der Waals surface area contributed by atoms with E-state index in [1.165, 1.54) is 4.90 Å². The summed E-state index contributed by atoms with van der Waals surface area (Å²) in [6.07, 6.45) is 0.380. The fourth-order valence-electron chi connectivity index (χ4n) is 3.82. The maximum Gasteiger partial charge on any atom is 0.325 e. The molecule has 1 atom stereocenters. The highest BCUT2D eigenvalue weighted by molar-refractivity contribution is 6.07. The molecular weight excluding hydrogens is 364 g/mol. The number of rotatable bonds is 6. The summed E-state index contributed by atoms with van der Waals surface area (Å²) in [5.41, 5.74) is 1.39. The molecular formula is C24H22N2O3. The smallest absolute Gasteiger partial charge is 0.325 e. The lowest BCUT2D eigenvalue weighted by molar-refractivity contribution is -0.132. The van der Waals surface area contributed by atoms with Crippen LogP contribution in [0.4, 0.5) is 4.79 Å². The molecule has 0 aromatic heterocycles. The predicted molar refractivity (Wildman–Crippen MR) is 110 cm³/mol. The second-order valence-corrected chi connectivity index (χ2v) is 7.07. The predicted octanol–water partition coefficient (Wildman–Crippen LogP) is 3.89. The lowest BCUT2D eigenvalue weighted by Crippen LogP contribution is -2.46. The maximum atomic E-state index is 13.6. The summed E-state index contributed by atoms with van der Waals surface area (Å²) >= 11 is 0. The van der Waals surface area contributed by atoms with E-state index in [1.807, 2.05) is 84.9 Å². The molecule has 0 bridgehead atoms. The first-order valence-corrected chi connectivity index (χ1v) is 9.49. The van der Waals surface area contributed by atoms with Crippen molar-refractivity contribution < 1.29 is 14.3 Å². The number of nitrogens with one attached hydrogen (secondary N) is 1. The van der Waals surface area contributed by atoms with E-state index in [2.05, 4.69) is 5.32 Å². The van der Waals surface area contributed by atoms with Gasteiger partial charge >= 0.3 is 6.03 Å². The van der Waals surface area contributed by atoms with Gasteiger partial charge in [-0.1, -0.05) is 78.9 Å². The average Bonchev–Trinajstić information content (AvgIpc) is 3.00. The molecule has 0 spiro atoms. The fourth-order valence-corrected chi connectivity index (χ4v) is 3.82. The van der Waals surface area contributed by atoms with Crippen LogP contribution in [-0.4, -0.2) is 23.9 Å². The van der Waals surface area contributed by atoms with Crippen molar-refractivity contribution in [3.05, 3.63) is 102 Å². The van der Waals surface area contributed by atoms with Crippen LogP contribution in [-0.2, 0) is 23.3 Å². The molecule has 0 saturated carbocycles. The highest BCUT2D eigenvalue weighted by Gasteiger charge is 2.52. The molecule has 3 aromatic rings. The van der Waals surface area contributed by atoms with Gasteiger partial charge in [0, 0.05) is 12.0 Å². The molecule has 1 aliphatic heterocycles. The van der Waals surface area contributed by atoms with Gasteiger partial charge in [-0.15, -0.1) is 0 Å². The molecule has 3 amide bonds. The number of carbonyl (C=O) groups excluding carboxylic acids is 2. The summed E-state index contributed by atoms with van der Waals surface area (Å²) in [6.45, 7) is 0.151. The van der Waals surface area contributed by atoms with E-state index in [9.17, 15) is 9.59 Å². The molecule has 5 nitrogen and oxygen atoms in total. The summed E-state index contributed by atoms with van der Waals surface area (Å²) in [5.74, 6) is 0.386. The summed E-state index contributed by atoms with van der Waals surface area (Å²) in [7, 11) is 1.58. The number of ether oxygens (including phenoxy) is 1. The zero-order valence-corrected chi connectivity index (χ0v) is 16.2. The van der Waals surface area contributed by atoms with Crippen LogP contribution in [0.3, 0.4) is 0 Å². The number of amides is 3. The largest absolute Gasteiger partial charge is 0.496 e. The molecule has 1 heterocycles. The van der Waals surface area contributed by atoms with E-state index in [-0.39, 0.29) is 12.5 Å². The molecule has 1 saturated heterocycles. The normalized spacial score (nSPS) is 18.6. The SMILES string of the molecule is COc1ccccc1CN1C(=O)N[C@](Cc2ccccc2)(c2ccccc2)C1=O. The zero-order chi connectivity index (χ0) is 20.3. The van der Waals surface area contributed by atoms with Gasteiger partial charge in [-0.05, 0) is 17.2 Å². The van der Waals surface area contributed by atoms with Crippen molar-refractivity contribution in [3.63, 3.8) is 0 Å². The molecule has 1 fully saturated rings. The minimum atomic E-state index is -1.14. The van der Waals surface area contributed by atoms with Crippen LogP contribution in [0, 0.1) is 0 Å². The fraction of sp³-hybridized carbons (Fsp3) is 0.167. The van der Waals surface area contributed by atoms with Gasteiger partial charge in [-0.2, -0.15) is 0 Å². The first-order chi connectivity index (χ1) is 14.1. The summed E-state index contributed by atoms with van der Waals surface area (Å²) < 4.78 is 5.39. The summed E-state index contributed by atoms with van der Waals surface area (Å²) in [4.78, 5) is 27.8. The van der Waals surface area contributed by atoms with Crippen LogP contribution in [0.5, 0.6) is 5.75 Å². The van der Waals surface area contributed by atoms with Crippen LogP contribution in [0.15, 0.2) is 84.9 Å². The topological polar surface area (TPSA) is 58.6 Å². The number of imide groups is 1. The second kappa shape index (κ2) is 7.80. The Labute approximate surface area is 169 Å². The third kappa shape index (κ3) is 3.47. The van der Waals surface area contributed by atoms with Crippen molar-refractivity contribution in [1.29, 1.82) is 0 Å². The zero-order valence-electron chi connectivity index (χ0n) is 16.2. The number of carbonyl (C=O) groups is 2. The minimum Gasteiger partial charge on any atom is -0.496 e. The highest BCUT2D eigenvalue weighted by Crippen LogP contribution is 2.34. The number of nitrogens with zero attached hydrogens (tertiary/aromatic N) is 1. The molecule has 0 radical (unpaired) electrons. The number of benzene rings is 3. The Bertz CT molecular complexity index is 1020. The van der Waals surface area contributed by atoms with Crippen molar-refractivity contribution in [2.45, 2.75) is 18.5 Å². The molecule has 4 rings (SSSR count). The van der Waals surface area contributed by atoms with Gasteiger partial charge in [0.1, 0.15) is 5.75 Å². The third-order valence-electron chi connectivity index (χ3n) is 5.28. The first-order valence-electron chi connectivity index (χ1n) is 9.49. The third-order valence-corrected chi connectivity index (χ3v) is 5.28. The number of hydrogen-bond donors (Lipinski definition) is 1. The molecule has 0 unspecified atom stereocenters. The Morgan fingerprint density at radius 1 is 0.862 bits per heavy atom. The van der Waals surface area contributed by atoms with Gasteiger partial charge in [0.2, 0.25) is 0 Å². The van der Waals surface area contributed by atoms with E-state index < -0.39 is 11.6 Å². The van der Waals surface area contributed by atoms with E-state index in [0.29, 0.717) is 12.2 Å². The summed E-state index contributed by atoms with van der Waals surface area (Å²) in [6, 6.07) is 26.2. The van der Waals surface area contributed by atoms with E-state index >= 15 is 0 Å². The number of methoxy groups -OCH3 is 1. The average molecular weight is 386 g/mol. The molecule has 29 heavy (non-hydrogen) atoms. The maximum absolute atomic E-state index is 13.6. The Hall–Kier alpha value is -3.60. The molecule has 146 valence electrons. The van der Waals surface area contributed by atoms with Crippen molar-refractivity contribution in [2.75, 3.05) is 7.11 Å². The molecule has 5 heteroatoms. The lowest BCUT2D eigenvalue weighted by Gasteiger charge is -2.27. The van der Waals surface area contributed by atoms with Crippen molar-refractivity contribution in [1.82, 2.24) is 10.2 Å². The van der Waals surface area contributed by atoms with Gasteiger partial charge in [0.25, 0.3) is 5.91 Å². The van der Waals surface area contributed by atoms with Crippen molar-refractivity contribution >= 4 is 11.9 Å². The number of hydrogen-bond acceptors (Lipinski definition) is 3. The van der Waals surface area contributed by atoms with Crippen LogP contribution >= 0.6 is 0 Å². The quantitative estimate of drug-likeness (QED) is 0.654. The van der Waals surface area contributed by atoms with Gasteiger partial charge in [-0.3, -0.25) is 9.69 Å². The molecule has 1 aliphatic rings. The molecule has 0 aliphatic carbocycles. The standard InChI is InChI=1S/C24H22N2O3/c1-29-21-15-9-8-12-19(21)17-26-22(27)24(25-23(26)28,20-13-6-3-7-14-20)16-18-10-4-2-5-11-18/h2-15H,16-17H2,1H3,(H,25,28)/t24-/m1/s1.